The van der Waals surface area contributed by atoms with Crippen LogP contribution in [-0.4, -0.2) is 54.5 Å². The van der Waals surface area contributed by atoms with Crippen LogP contribution >= 0.6 is 11.3 Å². The predicted octanol–water partition coefficient (Wildman–Crippen LogP) is 0.0124. The van der Waals surface area contributed by atoms with E-state index in [1.165, 1.54) is 0 Å². The van der Waals surface area contributed by atoms with Crippen molar-refractivity contribution in [2.45, 2.75) is 13.3 Å². The quantitative estimate of drug-likeness (QED) is 0.816. The Morgan fingerprint density at radius 1 is 1.45 bits per heavy atom. The van der Waals surface area contributed by atoms with Crippen molar-refractivity contribution in [3.63, 3.8) is 0 Å². The molecule has 1 aliphatic heterocycles. The fourth-order valence-electron chi connectivity index (χ4n) is 1.96. The van der Waals surface area contributed by atoms with Gasteiger partial charge >= 0.3 is 0 Å². The Hall–Kier alpha value is -1.67. The van der Waals surface area contributed by atoms with Crippen molar-refractivity contribution in [2.75, 3.05) is 38.6 Å². The fourth-order valence-corrected chi connectivity index (χ4v) is 2.71. The van der Waals surface area contributed by atoms with Crippen LogP contribution in [0.15, 0.2) is 0 Å². The van der Waals surface area contributed by atoms with Gasteiger partial charge < -0.3 is 20.7 Å². The number of nitrogen functional groups attached to an aromatic ring is 1. The summed E-state index contributed by atoms with van der Waals surface area (Å²) in [6.45, 7) is 4.45. The van der Waals surface area contributed by atoms with E-state index in [-0.39, 0.29) is 11.8 Å². The highest BCUT2D eigenvalue weighted by atomic mass is 32.1. The van der Waals surface area contributed by atoms with Crippen LogP contribution in [0.4, 0.5) is 5.13 Å². The van der Waals surface area contributed by atoms with Gasteiger partial charge in [0, 0.05) is 26.1 Å². The number of nitrogens with zero attached hydrogens (tertiary/aromatic N) is 2. The molecule has 8 heteroatoms. The van der Waals surface area contributed by atoms with Crippen molar-refractivity contribution >= 4 is 28.3 Å². The maximum Gasteiger partial charge on any atom is 0.263 e. The fraction of sp³-hybridized carbons (Fsp3) is 0.583. The van der Waals surface area contributed by atoms with Gasteiger partial charge in [0.2, 0.25) is 5.91 Å². The Morgan fingerprint density at radius 2 is 2.15 bits per heavy atom. The zero-order valence-corrected chi connectivity index (χ0v) is 12.2. The third kappa shape index (κ3) is 3.67. The summed E-state index contributed by atoms with van der Waals surface area (Å²) in [5.74, 6) is -0.194. The number of nitrogens with two attached hydrogens (primary N) is 1. The number of carbonyl (C=O) groups excluding carboxylic acids is 2. The molecule has 2 amide bonds. The van der Waals surface area contributed by atoms with E-state index in [9.17, 15) is 9.59 Å². The van der Waals surface area contributed by atoms with Crippen LogP contribution in [0, 0.1) is 6.92 Å². The normalized spacial score (nSPS) is 15.2. The zero-order valence-electron chi connectivity index (χ0n) is 11.3. The van der Waals surface area contributed by atoms with E-state index in [0.29, 0.717) is 55.0 Å². The third-order valence-electron chi connectivity index (χ3n) is 3.01. The van der Waals surface area contributed by atoms with E-state index in [0.717, 1.165) is 11.3 Å². The molecule has 0 aliphatic carbocycles. The molecule has 110 valence electrons. The molecule has 0 bridgehead atoms. The van der Waals surface area contributed by atoms with Crippen molar-refractivity contribution in [3.8, 4) is 0 Å². The maximum atomic E-state index is 11.9. The second kappa shape index (κ2) is 6.67. The minimum atomic E-state index is -0.230. The lowest BCUT2D eigenvalue weighted by atomic mass is 10.3. The van der Waals surface area contributed by atoms with Gasteiger partial charge in [-0.1, -0.05) is 11.3 Å². The van der Waals surface area contributed by atoms with Crippen LogP contribution in [0.5, 0.6) is 0 Å². The van der Waals surface area contributed by atoms with Gasteiger partial charge in [0.05, 0.1) is 18.9 Å². The number of anilines is 1. The van der Waals surface area contributed by atoms with Crippen LogP contribution in [0.3, 0.4) is 0 Å². The minimum absolute atomic E-state index is 0.0362. The van der Waals surface area contributed by atoms with Gasteiger partial charge in [-0.05, 0) is 6.92 Å². The molecular formula is C12H18N4O3S. The summed E-state index contributed by atoms with van der Waals surface area (Å²) in [4.78, 5) is 30.0. The molecule has 0 unspecified atom stereocenters. The summed E-state index contributed by atoms with van der Waals surface area (Å²) in [6, 6.07) is 0. The molecule has 2 rings (SSSR count). The number of amides is 2. The van der Waals surface area contributed by atoms with Crippen molar-refractivity contribution < 1.29 is 14.3 Å². The first-order chi connectivity index (χ1) is 9.58. The van der Waals surface area contributed by atoms with E-state index >= 15 is 0 Å². The maximum absolute atomic E-state index is 11.9. The van der Waals surface area contributed by atoms with Crippen LogP contribution in [0.1, 0.15) is 21.8 Å². The molecule has 0 saturated carbocycles. The van der Waals surface area contributed by atoms with E-state index in [1.807, 2.05) is 0 Å². The number of carbonyl (C=O) groups is 2. The second-order valence-electron chi connectivity index (χ2n) is 4.47. The van der Waals surface area contributed by atoms with E-state index < -0.39 is 0 Å². The van der Waals surface area contributed by atoms with Crippen molar-refractivity contribution in [1.82, 2.24) is 15.2 Å². The van der Waals surface area contributed by atoms with Crippen molar-refractivity contribution in [2.24, 2.45) is 0 Å². The first-order valence-corrected chi connectivity index (χ1v) is 7.26. The summed E-state index contributed by atoms with van der Waals surface area (Å²) >= 11 is 1.15. The summed E-state index contributed by atoms with van der Waals surface area (Å²) in [7, 11) is 0. The average molecular weight is 298 g/mol. The Labute approximate surface area is 121 Å². The lowest BCUT2D eigenvalue weighted by Gasteiger charge is -2.26. The second-order valence-corrected chi connectivity index (χ2v) is 5.50. The van der Waals surface area contributed by atoms with Gasteiger partial charge in [-0.3, -0.25) is 9.59 Å². The SMILES string of the molecule is Cc1nc(N)sc1C(=O)NCCC(=O)N1CCOCC1. The van der Waals surface area contributed by atoms with Crippen molar-refractivity contribution in [3.05, 3.63) is 10.6 Å². The summed E-state index contributed by atoms with van der Waals surface area (Å²) < 4.78 is 5.18. The minimum Gasteiger partial charge on any atom is -0.378 e. The number of hydrogen-bond donors (Lipinski definition) is 2. The van der Waals surface area contributed by atoms with Gasteiger partial charge in [0.25, 0.3) is 5.91 Å². The number of thiazole rings is 1. The molecule has 7 nitrogen and oxygen atoms in total. The number of ether oxygens (including phenoxy) is 1. The molecule has 1 aliphatic rings. The molecule has 20 heavy (non-hydrogen) atoms. The van der Waals surface area contributed by atoms with E-state index in [4.69, 9.17) is 10.5 Å². The van der Waals surface area contributed by atoms with E-state index in [2.05, 4.69) is 10.3 Å². The summed E-state index contributed by atoms with van der Waals surface area (Å²) in [6.07, 6.45) is 0.291. The Bertz CT molecular complexity index is 497. The number of aryl methyl sites for hydroxylation is 1. The lowest BCUT2D eigenvalue weighted by Crippen LogP contribution is -2.42. The zero-order chi connectivity index (χ0) is 14.5. The van der Waals surface area contributed by atoms with Gasteiger partial charge in [-0.2, -0.15) is 0 Å². The third-order valence-corrected chi connectivity index (χ3v) is 3.99. The highest BCUT2D eigenvalue weighted by molar-refractivity contribution is 7.17. The lowest BCUT2D eigenvalue weighted by molar-refractivity contribution is -0.135. The number of rotatable bonds is 4. The van der Waals surface area contributed by atoms with Crippen LogP contribution < -0.4 is 11.1 Å². The molecule has 1 aromatic heterocycles. The smallest absolute Gasteiger partial charge is 0.263 e. The summed E-state index contributed by atoms with van der Waals surface area (Å²) in [5, 5.41) is 3.09. The van der Waals surface area contributed by atoms with Gasteiger partial charge in [-0.15, -0.1) is 0 Å². The highest BCUT2D eigenvalue weighted by Crippen LogP contribution is 2.19. The largest absolute Gasteiger partial charge is 0.378 e. The predicted molar refractivity (Wildman–Crippen MR) is 75.6 cm³/mol. The van der Waals surface area contributed by atoms with Crippen LogP contribution in [0.25, 0.3) is 0 Å². The summed E-state index contributed by atoms with van der Waals surface area (Å²) in [5.41, 5.74) is 6.16. The molecule has 0 aromatic carbocycles. The molecule has 0 atom stereocenters. The standard InChI is InChI=1S/C12H18N4O3S/c1-8-10(20-12(13)15-8)11(18)14-3-2-9(17)16-4-6-19-7-5-16/h2-7H2,1H3,(H2,13,15)(H,14,18). The molecular weight excluding hydrogens is 280 g/mol. The number of morpholine rings is 1. The van der Waals surface area contributed by atoms with Gasteiger partial charge in [0.15, 0.2) is 5.13 Å². The van der Waals surface area contributed by atoms with Crippen molar-refractivity contribution in [1.29, 1.82) is 0 Å². The van der Waals surface area contributed by atoms with Crippen LogP contribution in [-0.2, 0) is 9.53 Å². The molecule has 0 radical (unpaired) electrons. The monoisotopic (exact) mass is 298 g/mol. The first-order valence-electron chi connectivity index (χ1n) is 6.44. The molecule has 2 heterocycles. The average Bonchev–Trinajstić information content (AvgIpc) is 2.78. The van der Waals surface area contributed by atoms with E-state index in [1.54, 1.807) is 11.8 Å². The number of aromatic nitrogens is 1. The number of nitrogens with one attached hydrogen (secondary N) is 1. The first kappa shape index (κ1) is 14.7. The van der Waals surface area contributed by atoms with Gasteiger partial charge in [-0.25, -0.2) is 4.98 Å². The van der Waals surface area contributed by atoms with Gasteiger partial charge in [0.1, 0.15) is 4.88 Å². The molecule has 1 aromatic rings. The topological polar surface area (TPSA) is 97.5 Å². The molecule has 1 fully saturated rings. The Morgan fingerprint density at radius 3 is 2.75 bits per heavy atom. The molecule has 1 saturated heterocycles. The Kier molecular flexibility index (Phi) is 4.91. The number of hydrogen-bond acceptors (Lipinski definition) is 6. The highest BCUT2D eigenvalue weighted by Gasteiger charge is 2.18. The van der Waals surface area contributed by atoms with Crippen LogP contribution in [0.2, 0.25) is 0 Å². The Balaban J connectivity index is 1.76. The molecule has 0 spiro atoms. The molecule has 3 N–H and O–H groups in total.